The van der Waals surface area contributed by atoms with Crippen LogP contribution < -0.4 is 5.32 Å². The van der Waals surface area contributed by atoms with E-state index in [2.05, 4.69) is 58.5 Å². The van der Waals surface area contributed by atoms with E-state index in [1.54, 1.807) is 0 Å². The highest BCUT2D eigenvalue weighted by Crippen LogP contribution is 2.33. The summed E-state index contributed by atoms with van der Waals surface area (Å²) < 4.78 is 6.91. The molecule has 2 unspecified atom stereocenters. The standard InChI is InChI=1S/C15H16BrNO/c1-9-7-14-13(8-10(2)18-14)15(17-9)11-3-5-12(16)6-4-11/h3-6,8-9,15,17H,7H2,1-2H3. The van der Waals surface area contributed by atoms with Gasteiger partial charge in [-0.25, -0.2) is 0 Å². The summed E-state index contributed by atoms with van der Waals surface area (Å²) in [6, 6.07) is 11.3. The van der Waals surface area contributed by atoms with Gasteiger partial charge in [0.15, 0.2) is 0 Å². The molecule has 0 aliphatic carbocycles. The van der Waals surface area contributed by atoms with Crippen LogP contribution in [0.5, 0.6) is 0 Å². The molecule has 0 bridgehead atoms. The highest BCUT2D eigenvalue weighted by molar-refractivity contribution is 9.10. The molecular formula is C15H16BrNO. The number of rotatable bonds is 1. The van der Waals surface area contributed by atoms with Crippen LogP contribution in [0, 0.1) is 6.92 Å². The zero-order valence-electron chi connectivity index (χ0n) is 10.5. The van der Waals surface area contributed by atoms with Gasteiger partial charge in [-0.3, -0.25) is 0 Å². The normalized spacial score (nSPS) is 22.8. The maximum atomic E-state index is 5.80. The molecule has 0 saturated heterocycles. The summed E-state index contributed by atoms with van der Waals surface area (Å²) in [6.07, 6.45) is 0.968. The average molecular weight is 306 g/mol. The lowest BCUT2D eigenvalue weighted by atomic mass is 9.92. The summed E-state index contributed by atoms with van der Waals surface area (Å²) in [5.41, 5.74) is 2.57. The third-order valence-electron chi connectivity index (χ3n) is 3.42. The Labute approximate surface area is 116 Å². The summed E-state index contributed by atoms with van der Waals surface area (Å²) in [7, 11) is 0. The summed E-state index contributed by atoms with van der Waals surface area (Å²) >= 11 is 3.48. The molecule has 3 heteroatoms. The fraction of sp³-hybridized carbons (Fsp3) is 0.333. The maximum absolute atomic E-state index is 5.80. The highest BCUT2D eigenvalue weighted by Gasteiger charge is 2.28. The Kier molecular flexibility index (Phi) is 3.04. The quantitative estimate of drug-likeness (QED) is 0.862. The van der Waals surface area contributed by atoms with E-state index in [9.17, 15) is 0 Å². The molecule has 1 aliphatic heterocycles. The van der Waals surface area contributed by atoms with Gasteiger partial charge in [0.05, 0.1) is 6.04 Å². The van der Waals surface area contributed by atoms with Gasteiger partial charge in [-0.2, -0.15) is 0 Å². The largest absolute Gasteiger partial charge is 0.466 e. The molecule has 0 saturated carbocycles. The van der Waals surface area contributed by atoms with Gasteiger partial charge in [-0.15, -0.1) is 0 Å². The minimum absolute atomic E-state index is 0.245. The van der Waals surface area contributed by atoms with Gasteiger partial charge in [0.25, 0.3) is 0 Å². The van der Waals surface area contributed by atoms with Crippen LogP contribution in [0.1, 0.15) is 35.6 Å². The van der Waals surface area contributed by atoms with E-state index >= 15 is 0 Å². The third kappa shape index (κ3) is 2.13. The van der Waals surface area contributed by atoms with Gasteiger partial charge in [-0.1, -0.05) is 28.1 Å². The number of hydrogen-bond donors (Lipinski definition) is 1. The van der Waals surface area contributed by atoms with E-state index in [0.29, 0.717) is 6.04 Å². The fourth-order valence-electron chi connectivity index (χ4n) is 2.63. The van der Waals surface area contributed by atoms with Crippen molar-refractivity contribution in [1.82, 2.24) is 5.32 Å². The van der Waals surface area contributed by atoms with E-state index in [0.717, 1.165) is 22.4 Å². The number of halogens is 1. The molecule has 1 aromatic carbocycles. The van der Waals surface area contributed by atoms with E-state index in [-0.39, 0.29) is 6.04 Å². The Morgan fingerprint density at radius 1 is 1.28 bits per heavy atom. The zero-order chi connectivity index (χ0) is 12.7. The monoisotopic (exact) mass is 305 g/mol. The molecule has 18 heavy (non-hydrogen) atoms. The molecule has 0 radical (unpaired) electrons. The number of furan rings is 1. The maximum Gasteiger partial charge on any atom is 0.110 e. The third-order valence-corrected chi connectivity index (χ3v) is 3.95. The first-order valence-corrected chi connectivity index (χ1v) is 7.03. The molecule has 94 valence electrons. The van der Waals surface area contributed by atoms with E-state index in [4.69, 9.17) is 4.42 Å². The Morgan fingerprint density at radius 3 is 2.72 bits per heavy atom. The van der Waals surface area contributed by atoms with E-state index < -0.39 is 0 Å². The molecule has 0 spiro atoms. The van der Waals surface area contributed by atoms with Gasteiger partial charge >= 0.3 is 0 Å². The lowest BCUT2D eigenvalue weighted by Crippen LogP contribution is -2.37. The number of aryl methyl sites for hydroxylation is 1. The Morgan fingerprint density at radius 2 is 2.00 bits per heavy atom. The van der Waals surface area contributed by atoms with E-state index in [1.807, 2.05) is 6.92 Å². The van der Waals surface area contributed by atoms with E-state index in [1.165, 1.54) is 11.1 Å². The van der Waals surface area contributed by atoms with Crippen LogP contribution in [-0.4, -0.2) is 6.04 Å². The highest BCUT2D eigenvalue weighted by atomic mass is 79.9. The van der Waals surface area contributed by atoms with Crippen molar-refractivity contribution in [1.29, 1.82) is 0 Å². The van der Waals surface area contributed by atoms with Gasteiger partial charge in [0, 0.05) is 22.5 Å². The van der Waals surface area contributed by atoms with Crippen LogP contribution in [-0.2, 0) is 6.42 Å². The van der Waals surface area contributed by atoms with Crippen molar-refractivity contribution in [3.05, 3.63) is 57.5 Å². The number of fused-ring (bicyclic) bond motifs is 1. The van der Waals surface area contributed by atoms with Gasteiger partial charge < -0.3 is 9.73 Å². The molecule has 2 nitrogen and oxygen atoms in total. The minimum Gasteiger partial charge on any atom is -0.466 e. The molecule has 0 amide bonds. The molecule has 2 aromatic rings. The van der Waals surface area contributed by atoms with Gasteiger partial charge in [0.2, 0.25) is 0 Å². The van der Waals surface area contributed by atoms with Crippen molar-refractivity contribution >= 4 is 15.9 Å². The van der Waals surface area contributed by atoms with Crippen molar-refractivity contribution < 1.29 is 4.42 Å². The second-order valence-corrected chi connectivity index (χ2v) is 5.91. The fourth-order valence-corrected chi connectivity index (χ4v) is 2.89. The minimum atomic E-state index is 0.245. The smallest absolute Gasteiger partial charge is 0.110 e. The van der Waals surface area contributed by atoms with Crippen molar-refractivity contribution in [3.8, 4) is 0 Å². The molecule has 3 rings (SSSR count). The molecule has 1 aromatic heterocycles. The first-order valence-electron chi connectivity index (χ1n) is 6.24. The number of hydrogen-bond acceptors (Lipinski definition) is 2. The van der Waals surface area contributed by atoms with Crippen molar-refractivity contribution in [2.45, 2.75) is 32.4 Å². The first kappa shape index (κ1) is 12.0. The van der Waals surface area contributed by atoms with Crippen LogP contribution in [0.15, 0.2) is 39.2 Å². The molecule has 1 aliphatic rings. The van der Waals surface area contributed by atoms with Crippen LogP contribution in [0.3, 0.4) is 0 Å². The number of benzene rings is 1. The predicted octanol–water partition coefficient (Wildman–Crippen LogP) is 3.97. The second-order valence-electron chi connectivity index (χ2n) is 4.99. The Bertz CT molecular complexity index is 558. The summed E-state index contributed by atoms with van der Waals surface area (Å²) in [5.74, 6) is 2.13. The average Bonchev–Trinajstić information content (AvgIpc) is 2.69. The van der Waals surface area contributed by atoms with Crippen LogP contribution in [0.25, 0.3) is 0 Å². The molecule has 2 heterocycles. The van der Waals surface area contributed by atoms with Crippen molar-refractivity contribution in [2.24, 2.45) is 0 Å². The Hall–Kier alpha value is -1.06. The zero-order valence-corrected chi connectivity index (χ0v) is 12.1. The SMILES string of the molecule is Cc1cc2c(o1)CC(C)NC2c1ccc(Br)cc1. The number of nitrogens with one attached hydrogen (secondary N) is 1. The first-order chi connectivity index (χ1) is 8.63. The topological polar surface area (TPSA) is 25.2 Å². The predicted molar refractivity (Wildman–Crippen MR) is 75.7 cm³/mol. The lowest BCUT2D eigenvalue weighted by molar-refractivity contribution is 0.392. The summed E-state index contributed by atoms with van der Waals surface area (Å²) in [4.78, 5) is 0. The van der Waals surface area contributed by atoms with Crippen LogP contribution in [0.4, 0.5) is 0 Å². The van der Waals surface area contributed by atoms with Crippen molar-refractivity contribution in [2.75, 3.05) is 0 Å². The van der Waals surface area contributed by atoms with Gasteiger partial charge in [-0.05, 0) is 37.6 Å². The van der Waals surface area contributed by atoms with Gasteiger partial charge in [0.1, 0.15) is 11.5 Å². The van der Waals surface area contributed by atoms with Crippen molar-refractivity contribution in [3.63, 3.8) is 0 Å². The van der Waals surface area contributed by atoms with Crippen LogP contribution >= 0.6 is 15.9 Å². The molecule has 2 atom stereocenters. The molecule has 1 N–H and O–H groups in total. The Balaban J connectivity index is 2.04. The molecule has 0 fully saturated rings. The second kappa shape index (κ2) is 4.56. The summed E-state index contributed by atoms with van der Waals surface area (Å²) in [6.45, 7) is 4.22. The van der Waals surface area contributed by atoms with Crippen LogP contribution in [0.2, 0.25) is 0 Å². The molecular weight excluding hydrogens is 290 g/mol. The lowest BCUT2D eigenvalue weighted by Gasteiger charge is -2.28. The summed E-state index contributed by atoms with van der Waals surface area (Å²) in [5, 5.41) is 3.65.